The third-order valence-electron chi connectivity index (χ3n) is 1.13. The molecule has 0 aliphatic carbocycles. The summed E-state index contributed by atoms with van der Waals surface area (Å²) in [5, 5.41) is 0. The van der Waals surface area contributed by atoms with E-state index in [1.165, 1.54) is 0 Å². The van der Waals surface area contributed by atoms with Crippen molar-refractivity contribution in [3.63, 3.8) is 0 Å². The topological polar surface area (TPSA) is 44.5 Å². The molecule has 0 fully saturated rings. The molecule has 3 heteroatoms. The number of nitrogens with two attached hydrogens (primary N) is 1. The van der Waals surface area contributed by atoms with Crippen molar-refractivity contribution in [2.45, 2.75) is 39.5 Å². The molecule has 0 radical (unpaired) electrons. The van der Waals surface area contributed by atoms with Crippen molar-refractivity contribution < 1.29 is 9.47 Å². The summed E-state index contributed by atoms with van der Waals surface area (Å²) in [6, 6.07) is 0. The van der Waals surface area contributed by atoms with E-state index >= 15 is 0 Å². The fourth-order valence-electron chi connectivity index (χ4n) is 0.605. The van der Waals surface area contributed by atoms with Gasteiger partial charge in [-0.05, 0) is 20.3 Å². The molecule has 0 aromatic heterocycles. The Morgan fingerprint density at radius 2 is 1.91 bits per heavy atom. The second kappa shape index (κ2) is 6.58. The molecule has 0 aromatic rings. The van der Waals surface area contributed by atoms with E-state index in [0.29, 0.717) is 13.2 Å². The van der Waals surface area contributed by atoms with Gasteiger partial charge in [0.05, 0.1) is 12.7 Å². The van der Waals surface area contributed by atoms with Crippen molar-refractivity contribution >= 4 is 0 Å². The van der Waals surface area contributed by atoms with Crippen LogP contribution in [0.5, 0.6) is 0 Å². The Kier molecular flexibility index (Phi) is 6.51. The van der Waals surface area contributed by atoms with Crippen LogP contribution in [-0.4, -0.2) is 25.5 Å². The van der Waals surface area contributed by atoms with Gasteiger partial charge in [0.1, 0.15) is 6.23 Å². The van der Waals surface area contributed by atoms with Crippen molar-refractivity contribution in [3.8, 4) is 0 Å². The quantitative estimate of drug-likeness (QED) is 0.594. The van der Waals surface area contributed by atoms with E-state index in [-0.39, 0.29) is 12.3 Å². The van der Waals surface area contributed by atoms with Gasteiger partial charge in [-0.25, -0.2) is 0 Å². The number of hydrogen-bond acceptors (Lipinski definition) is 3. The average molecular weight is 161 g/mol. The van der Waals surface area contributed by atoms with Gasteiger partial charge >= 0.3 is 0 Å². The van der Waals surface area contributed by atoms with Crippen molar-refractivity contribution in [2.24, 2.45) is 5.73 Å². The predicted octanol–water partition coefficient (Wildman–Crippen LogP) is 1.12. The third kappa shape index (κ3) is 7.78. The zero-order valence-electron chi connectivity index (χ0n) is 7.67. The van der Waals surface area contributed by atoms with E-state index in [4.69, 9.17) is 15.2 Å². The van der Waals surface area contributed by atoms with Gasteiger partial charge in [0.2, 0.25) is 0 Å². The van der Waals surface area contributed by atoms with E-state index in [1.807, 2.05) is 13.8 Å². The summed E-state index contributed by atoms with van der Waals surface area (Å²) < 4.78 is 10.4. The maximum atomic E-state index is 5.56. The monoisotopic (exact) mass is 161 g/mol. The van der Waals surface area contributed by atoms with Gasteiger partial charge in [-0.3, -0.25) is 0 Å². The zero-order valence-corrected chi connectivity index (χ0v) is 7.67. The second-order valence-electron chi connectivity index (χ2n) is 2.79. The first-order valence-corrected chi connectivity index (χ1v) is 4.15. The maximum Gasteiger partial charge on any atom is 0.129 e. The van der Waals surface area contributed by atoms with Gasteiger partial charge in [-0.1, -0.05) is 6.92 Å². The van der Waals surface area contributed by atoms with Crippen molar-refractivity contribution in [1.82, 2.24) is 0 Å². The molecule has 1 atom stereocenters. The smallest absolute Gasteiger partial charge is 0.129 e. The number of hydrogen-bond donors (Lipinski definition) is 1. The lowest BCUT2D eigenvalue weighted by Crippen LogP contribution is -2.30. The fraction of sp³-hybridized carbons (Fsp3) is 1.00. The van der Waals surface area contributed by atoms with Crippen LogP contribution in [0.4, 0.5) is 0 Å². The second-order valence-corrected chi connectivity index (χ2v) is 2.79. The molecule has 68 valence electrons. The molecule has 3 nitrogen and oxygen atoms in total. The Labute approximate surface area is 68.9 Å². The number of ether oxygens (including phenoxy) is 2. The lowest BCUT2D eigenvalue weighted by atomic mass is 10.5. The van der Waals surface area contributed by atoms with Crippen LogP contribution < -0.4 is 5.73 Å². The summed E-state index contributed by atoms with van der Waals surface area (Å²) in [5.41, 5.74) is 5.56. The molecule has 0 aliphatic rings. The highest BCUT2D eigenvalue weighted by Crippen LogP contribution is 1.92. The van der Waals surface area contributed by atoms with Crippen LogP contribution in [0.15, 0.2) is 0 Å². The Morgan fingerprint density at radius 3 is 2.36 bits per heavy atom. The van der Waals surface area contributed by atoms with Crippen LogP contribution in [0.2, 0.25) is 0 Å². The molecule has 0 bridgehead atoms. The maximum absolute atomic E-state index is 5.56. The highest BCUT2D eigenvalue weighted by Gasteiger charge is 2.02. The van der Waals surface area contributed by atoms with Gasteiger partial charge in [0, 0.05) is 6.61 Å². The Hall–Kier alpha value is -0.120. The molecule has 0 heterocycles. The molecule has 0 aliphatic heterocycles. The standard InChI is InChI=1S/C8H19NO2/c1-4-5-10-8(9)6-11-7(2)3/h7-8H,4-6,9H2,1-3H3. The summed E-state index contributed by atoms with van der Waals surface area (Å²) in [6.07, 6.45) is 0.957. The third-order valence-corrected chi connectivity index (χ3v) is 1.13. The van der Waals surface area contributed by atoms with Gasteiger partial charge in [-0.2, -0.15) is 0 Å². The summed E-state index contributed by atoms with van der Waals surface area (Å²) in [4.78, 5) is 0. The molecular formula is C8H19NO2. The van der Waals surface area contributed by atoms with Gasteiger partial charge in [0.15, 0.2) is 0 Å². The molecule has 2 N–H and O–H groups in total. The van der Waals surface area contributed by atoms with Crippen molar-refractivity contribution in [3.05, 3.63) is 0 Å². The van der Waals surface area contributed by atoms with Gasteiger partial charge in [-0.15, -0.1) is 0 Å². The lowest BCUT2D eigenvalue weighted by Gasteiger charge is -2.14. The first kappa shape index (κ1) is 10.9. The van der Waals surface area contributed by atoms with Crippen LogP contribution in [-0.2, 0) is 9.47 Å². The molecule has 0 saturated heterocycles. The van der Waals surface area contributed by atoms with Crippen LogP contribution in [0, 0.1) is 0 Å². The van der Waals surface area contributed by atoms with Crippen molar-refractivity contribution in [1.29, 1.82) is 0 Å². The summed E-state index contributed by atoms with van der Waals surface area (Å²) in [7, 11) is 0. The SMILES string of the molecule is CCCOC(N)COC(C)C. The first-order valence-electron chi connectivity index (χ1n) is 4.15. The highest BCUT2D eigenvalue weighted by atomic mass is 16.5. The van der Waals surface area contributed by atoms with Crippen LogP contribution in [0.25, 0.3) is 0 Å². The van der Waals surface area contributed by atoms with Gasteiger partial charge in [0.25, 0.3) is 0 Å². The summed E-state index contributed by atoms with van der Waals surface area (Å²) >= 11 is 0. The molecule has 0 aromatic carbocycles. The minimum Gasteiger partial charge on any atom is -0.375 e. The average Bonchev–Trinajstić information content (AvgIpc) is 1.97. The molecule has 0 saturated carbocycles. The van der Waals surface area contributed by atoms with E-state index in [2.05, 4.69) is 6.92 Å². The molecule has 1 unspecified atom stereocenters. The minimum atomic E-state index is -0.266. The summed E-state index contributed by atoms with van der Waals surface area (Å²) in [5.74, 6) is 0. The highest BCUT2D eigenvalue weighted by molar-refractivity contribution is 4.46. The van der Waals surface area contributed by atoms with Gasteiger partial charge < -0.3 is 15.2 Å². The fourth-order valence-corrected chi connectivity index (χ4v) is 0.605. The molecular weight excluding hydrogens is 142 g/mol. The van der Waals surface area contributed by atoms with E-state index in [9.17, 15) is 0 Å². The number of rotatable bonds is 6. The normalized spacial score (nSPS) is 13.9. The van der Waals surface area contributed by atoms with Crippen molar-refractivity contribution in [2.75, 3.05) is 13.2 Å². The molecule has 0 rings (SSSR count). The molecule has 0 spiro atoms. The predicted molar refractivity (Wildman–Crippen MR) is 45.3 cm³/mol. The van der Waals surface area contributed by atoms with E-state index in [1.54, 1.807) is 0 Å². The Morgan fingerprint density at radius 1 is 1.27 bits per heavy atom. The molecule has 11 heavy (non-hydrogen) atoms. The first-order chi connectivity index (χ1) is 5.16. The molecule has 0 amide bonds. The Bertz CT molecular complexity index is 86.2. The lowest BCUT2D eigenvalue weighted by molar-refractivity contribution is -0.0317. The summed E-state index contributed by atoms with van der Waals surface area (Å²) in [6.45, 7) is 7.20. The zero-order chi connectivity index (χ0) is 8.69. The van der Waals surface area contributed by atoms with E-state index < -0.39 is 0 Å². The van der Waals surface area contributed by atoms with Crippen LogP contribution >= 0.6 is 0 Å². The van der Waals surface area contributed by atoms with Crippen LogP contribution in [0.3, 0.4) is 0 Å². The minimum absolute atomic E-state index is 0.228. The Balaban J connectivity index is 3.15. The largest absolute Gasteiger partial charge is 0.375 e. The van der Waals surface area contributed by atoms with Crippen LogP contribution in [0.1, 0.15) is 27.2 Å². The van der Waals surface area contributed by atoms with E-state index in [0.717, 1.165) is 6.42 Å².